The van der Waals surface area contributed by atoms with Gasteiger partial charge in [-0.05, 0) is 25.8 Å². The molecule has 1 aliphatic heterocycles. The average molecular weight is 260 g/mol. The fourth-order valence-electron chi connectivity index (χ4n) is 2.16. The first-order valence-corrected chi connectivity index (χ1v) is 6.73. The van der Waals surface area contributed by atoms with Gasteiger partial charge < -0.3 is 9.64 Å². The maximum Gasteiger partial charge on any atom is 0.247 e. The van der Waals surface area contributed by atoms with Gasteiger partial charge in [-0.1, -0.05) is 30.3 Å². The quantitative estimate of drug-likeness (QED) is 0.829. The Morgan fingerprint density at radius 3 is 2.79 bits per heavy atom. The average Bonchev–Trinajstić information content (AvgIpc) is 2.42. The molecule has 0 spiro atoms. The summed E-state index contributed by atoms with van der Waals surface area (Å²) in [5, 5.41) is 0. The van der Waals surface area contributed by atoms with Crippen LogP contribution in [0.1, 0.15) is 19.4 Å². The molecule has 19 heavy (non-hydrogen) atoms. The van der Waals surface area contributed by atoms with E-state index in [0.717, 1.165) is 6.42 Å². The number of benzene rings is 1. The molecule has 4 heteroatoms. The first-order chi connectivity index (χ1) is 9.20. The zero-order chi connectivity index (χ0) is 13.7. The molecule has 0 aliphatic carbocycles. The lowest BCUT2D eigenvalue weighted by atomic mass is 10.1. The standard InChI is InChI=1S/C15H20N2O2/c1-3-19-14-11-17(15(18)12(2)16-14)10-9-13-7-5-4-6-8-13/h4-8,12H,3,9-11H2,1-2H3/t12-/m0/s1. The van der Waals surface area contributed by atoms with Crippen LogP contribution in [0.25, 0.3) is 0 Å². The lowest BCUT2D eigenvalue weighted by Crippen LogP contribution is -2.46. The van der Waals surface area contributed by atoms with E-state index >= 15 is 0 Å². The van der Waals surface area contributed by atoms with Crippen LogP contribution in [0.4, 0.5) is 0 Å². The molecule has 1 aromatic carbocycles. The van der Waals surface area contributed by atoms with Crippen molar-refractivity contribution in [1.82, 2.24) is 4.90 Å². The summed E-state index contributed by atoms with van der Waals surface area (Å²) in [6.07, 6.45) is 0.860. The van der Waals surface area contributed by atoms with Crippen LogP contribution in [0, 0.1) is 0 Å². The Hall–Kier alpha value is -1.84. The van der Waals surface area contributed by atoms with Crippen molar-refractivity contribution >= 4 is 11.8 Å². The van der Waals surface area contributed by atoms with Crippen LogP contribution in [0.2, 0.25) is 0 Å². The third-order valence-corrected chi connectivity index (χ3v) is 3.16. The molecule has 1 amide bonds. The minimum absolute atomic E-state index is 0.0828. The summed E-state index contributed by atoms with van der Waals surface area (Å²) < 4.78 is 5.44. The highest BCUT2D eigenvalue weighted by atomic mass is 16.5. The van der Waals surface area contributed by atoms with Crippen molar-refractivity contribution in [2.75, 3.05) is 19.7 Å². The molecule has 0 unspecified atom stereocenters. The van der Waals surface area contributed by atoms with Crippen molar-refractivity contribution < 1.29 is 9.53 Å². The number of amides is 1. The Bertz CT molecular complexity index is 456. The van der Waals surface area contributed by atoms with Gasteiger partial charge in [-0.2, -0.15) is 0 Å². The largest absolute Gasteiger partial charge is 0.480 e. The number of hydrogen-bond donors (Lipinski definition) is 0. The molecule has 0 saturated heterocycles. The summed E-state index contributed by atoms with van der Waals surface area (Å²) in [5.41, 5.74) is 1.24. The van der Waals surface area contributed by atoms with Crippen molar-refractivity contribution in [2.45, 2.75) is 26.3 Å². The molecule has 0 saturated carbocycles. The van der Waals surface area contributed by atoms with E-state index in [9.17, 15) is 4.79 Å². The fourth-order valence-corrected chi connectivity index (χ4v) is 2.16. The normalized spacial score (nSPS) is 19.3. The molecule has 0 bridgehead atoms. The highest BCUT2D eigenvalue weighted by molar-refractivity contribution is 5.93. The fraction of sp³-hybridized carbons (Fsp3) is 0.467. The number of hydrogen-bond acceptors (Lipinski definition) is 3. The van der Waals surface area contributed by atoms with Crippen molar-refractivity contribution in [3.8, 4) is 0 Å². The zero-order valence-electron chi connectivity index (χ0n) is 11.5. The molecule has 1 aromatic rings. The van der Waals surface area contributed by atoms with Gasteiger partial charge >= 0.3 is 0 Å². The molecule has 0 N–H and O–H groups in total. The Labute approximate surface area is 114 Å². The van der Waals surface area contributed by atoms with E-state index in [1.807, 2.05) is 36.9 Å². The Kier molecular flexibility index (Phi) is 4.55. The van der Waals surface area contributed by atoms with E-state index in [-0.39, 0.29) is 11.9 Å². The van der Waals surface area contributed by atoms with Crippen LogP contribution >= 0.6 is 0 Å². The van der Waals surface area contributed by atoms with Crippen molar-refractivity contribution in [1.29, 1.82) is 0 Å². The van der Waals surface area contributed by atoms with E-state index in [0.29, 0.717) is 25.6 Å². The predicted molar refractivity (Wildman–Crippen MR) is 75.2 cm³/mol. The number of carbonyl (C=O) groups excluding carboxylic acids is 1. The number of rotatable bonds is 4. The van der Waals surface area contributed by atoms with Crippen LogP contribution in [0.15, 0.2) is 35.3 Å². The molecule has 0 fully saturated rings. The van der Waals surface area contributed by atoms with Crippen LogP contribution in [0.3, 0.4) is 0 Å². The van der Waals surface area contributed by atoms with E-state index in [1.54, 1.807) is 0 Å². The van der Waals surface area contributed by atoms with Crippen molar-refractivity contribution in [3.63, 3.8) is 0 Å². The second-order valence-corrected chi connectivity index (χ2v) is 4.63. The minimum Gasteiger partial charge on any atom is -0.480 e. The molecule has 2 rings (SSSR count). The van der Waals surface area contributed by atoms with Gasteiger partial charge in [0.2, 0.25) is 11.8 Å². The van der Waals surface area contributed by atoms with E-state index in [2.05, 4.69) is 17.1 Å². The molecule has 1 heterocycles. The van der Waals surface area contributed by atoms with E-state index in [4.69, 9.17) is 4.74 Å². The second kappa shape index (κ2) is 6.36. The summed E-state index contributed by atoms with van der Waals surface area (Å²) >= 11 is 0. The van der Waals surface area contributed by atoms with Gasteiger partial charge in [0.25, 0.3) is 0 Å². The van der Waals surface area contributed by atoms with E-state index < -0.39 is 0 Å². The highest BCUT2D eigenvalue weighted by Gasteiger charge is 2.27. The summed E-state index contributed by atoms with van der Waals surface area (Å²) in [7, 11) is 0. The van der Waals surface area contributed by atoms with Gasteiger partial charge in [-0.15, -0.1) is 0 Å². The molecular formula is C15H20N2O2. The first-order valence-electron chi connectivity index (χ1n) is 6.73. The van der Waals surface area contributed by atoms with Crippen LogP contribution in [-0.4, -0.2) is 42.4 Å². The third kappa shape index (κ3) is 3.56. The first kappa shape index (κ1) is 13.6. The molecule has 0 radical (unpaired) electrons. The summed E-state index contributed by atoms with van der Waals surface area (Å²) in [4.78, 5) is 18.2. The van der Waals surface area contributed by atoms with Gasteiger partial charge in [-0.25, -0.2) is 4.99 Å². The zero-order valence-corrected chi connectivity index (χ0v) is 11.5. The molecule has 0 aromatic heterocycles. The Morgan fingerprint density at radius 2 is 2.11 bits per heavy atom. The predicted octanol–water partition coefficient (Wildman–Crippen LogP) is 1.89. The maximum absolute atomic E-state index is 12.1. The van der Waals surface area contributed by atoms with E-state index in [1.165, 1.54) is 5.56 Å². The molecule has 102 valence electrons. The van der Waals surface area contributed by atoms with Crippen molar-refractivity contribution in [3.05, 3.63) is 35.9 Å². The van der Waals surface area contributed by atoms with Gasteiger partial charge in [0, 0.05) is 6.54 Å². The Morgan fingerprint density at radius 1 is 1.37 bits per heavy atom. The molecular weight excluding hydrogens is 240 g/mol. The smallest absolute Gasteiger partial charge is 0.247 e. The highest BCUT2D eigenvalue weighted by Crippen LogP contribution is 2.10. The van der Waals surface area contributed by atoms with Crippen molar-refractivity contribution in [2.24, 2.45) is 4.99 Å². The molecule has 4 nitrogen and oxygen atoms in total. The number of ether oxygens (including phenoxy) is 1. The lowest BCUT2D eigenvalue weighted by molar-refractivity contribution is -0.132. The summed E-state index contributed by atoms with van der Waals surface area (Å²) in [5.74, 6) is 0.752. The summed E-state index contributed by atoms with van der Waals surface area (Å²) in [6, 6.07) is 9.86. The Balaban J connectivity index is 1.96. The van der Waals surface area contributed by atoms with Gasteiger partial charge in [0.15, 0.2) is 0 Å². The van der Waals surface area contributed by atoms with Gasteiger partial charge in [-0.3, -0.25) is 4.79 Å². The van der Waals surface area contributed by atoms with Crippen LogP contribution in [-0.2, 0) is 16.0 Å². The maximum atomic E-state index is 12.1. The number of nitrogens with zero attached hydrogens (tertiary/aromatic N) is 2. The van der Waals surface area contributed by atoms with Gasteiger partial charge in [0.05, 0.1) is 13.2 Å². The number of aliphatic imine (C=N–C) groups is 1. The SMILES string of the molecule is CCOC1=N[C@@H](C)C(=O)N(CCc2ccccc2)C1. The minimum atomic E-state index is -0.328. The number of carbonyl (C=O) groups is 1. The van der Waals surface area contributed by atoms with Crippen LogP contribution in [0.5, 0.6) is 0 Å². The topological polar surface area (TPSA) is 41.9 Å². The van der Waals surface area contributed by atoms with Crippen LogP contribution < -0.4 is 0 Å². The lowest BCUT2D eigenvalue weighted by Gasteiger charge is -2.29. The monoisotopic (exact) mass is 260 g/mol. The molecule has 1 aliphatic rings. The summed E-state index contributed by atoms with van der Waals surface area (Å²) in [6.45, 7) is 5.53. The molecule has 1 atom stereocenters. The second-order valence-electron chi connectivity index (χ2n) is 4.63. The third-order valence-electron chi connectivity index (χ3n) is 3.16. The van der Waals surface area contributed by atoms with Gasteiger partial charge in [0.1, 0.15) is 6.04 Å².